The zero-order valence-electron chi connectivity index (χ0n) is 11.9. The van der Waals surface area contributed by atoms with Gasteiger partial charge in [0.25, 0.3) is 0 Å². The van der Waals surface area contributed by atoms with Crippen molar-refractivity contribution in [1.82, 2.24) is 15.5 Å². The summed E-state index contributed by atoms with van der Waals surface area (Å²) in [6.07, 6.45) is 1.05. The Bertz CT molecular complexity index is 520. The number of nitrogens with zero attached hydrogens (tertiary/aromatic N) is 2. The van der Waals surface area contributed by atoms with Crippen LogP contribution in [0.3, 0.4) is 0 Å². The highest BCUT2D eigenvalue weighted by Crippen LogP contribution is 2.27. The van der Waals surface area contributed by atoms with E-state index in [9.17, 15) is 0 Å². The van der Waals surface area contributed by atoms with Gasteiger partial charge >= 0.3 is 0 Å². The molecule has 0 bridgehead atoms. The van der Waals surface area contributed by atoms with Crippen LogP contribution in [-0.2, 0) is 0 Å². The van der Waals surface area contributed by atoms with Crippen molar-refractivity contribution < 1.29 is 4.52 Å². The Labute approximate surface area is 118 Å². The van der Waals surface area contributed by atoms with E-state index in [1.165, 1.54) is 5.56 Å². The van der Waals surface area contributed by atoms with E-state index in [4.69, 9.17) is 4.52 Å². The first-order valence-corrected chi connectivity index (χ1v) is 7.71. The zero-order valence-corrected chi connectivity index (χ0v) is 12.8. The number of hydrogen-bond donors (Lipinski definition) is 1. The van der Waals surface area contributed by atoms with Gasteiger partial charge in [0.2, 0.25) is 11.7 Å². The molecule has 0 fully saturated rings. The van der Waals surface area contributed by atoms with E-state index in [2.05, 4.69) is 53.9 Å². The molecule has 0 aromatic carbocycles. The average Bonchev–Trinajstić information content (AvgIpc) is 3.03. The highest BCUT2D eigenvalue weighted by molar-refractivity contribution is 7.08. The largest absolute Gasteiger partial charge is 0.339 e. The minimum atomic E-state index is 0.227. The molecule has 0 amide bonds. The molecule has 0 saturated carbocycles. The van der Waals surface area contributed by atoms with E-state index in [0.717, 1.165) is 18.5 Å². The minimum Gasteiger partial charge on any atom is -0.339 e. The second-order valence-corrected chi connectivity index (χ2v) is 5.53. The lowest BCUT2D eigenvalue weighted by Gasteiger charge is -2.20. The lowest BCUT2D eigenvalue weighted by atomic mass is 9.99. The molecule has 0 aliphatic rings. The fraction of sp³-hybridized carbons (Fsp3) is 0.571. The maximum absolute atomic E-state index is 5.44. The van der Waals surface area contributed by atoms with Gasteiger partial charge in [0.05, 0.1) is 5.92 Å². The van der Waals surface area contributed by atoms with Gasteiger partial charge in [-0.25, -0.2) is 0 Å². The number of thiophene rings is 1. The normalized spacial score (nSPS) is 14.5. The fourth-order valence-electron chi connectivity index (χ4n) is 2.23. The van der Waals surface area contributed by atoms with Gasteiger partial charge in [-0.05, 0) is 30.8 Å². The summed E-state index contributed by atoms with van der Waals surface area (Å²) < 4.78 is 5.44. The van der Waals surface area contributed by atoms with Crippen molar-refractivity contribution in [3.05, 3.63) is 22.2 Å². The Hall–Kier alpha value is -1.20. The van der Waals surface area contributed by atoms with Gasteiger partial charge in [-0.15, -0.1) is 0 Å². The number of likely N-dealkylation sites (N-methyl/N-ethyl adjacent to an activating group) is 1. The van der Waals surface area contributed by atoms with Crippen LogP contribution < -0.4 is 5.32 Å². The van der Waals surface area contributed by atoms with Gasteiger partial charge in [-0.2, -0.15) is 16.3 Å². The summed E-state index contributed by atoms with van der Waals surface area (Å²) in [5.41, 5.74) is 2.27. The quantitative estimate of drug-likeness (QED) is 0.877. The Morgan fingerprint density at radius 1 is 1.37 bits per heavy atom. The summed E-state index contributed by atoms with van der Waals surface area (Å²) in [6.45, 7) is 9.44. The summed E-state index contributed by atoms with van der Waals surface area (Å²) >= 11 is 1.66. The standard InChI is InChI=1S/C14H21N3OS/c1-5-12(15-6-2)10(4)14-16-13(17-18-14)11-8-19-7-9(11)3/h7-8,10,12,15H,5-6H2,1-4H3. The van der Waals surface area contributed by atoms with E-state index >= 15 is 0 Å². The number of nitrogens with one attached hydrogen (secondary N) is 1. The van der Waals surface area contributed by atoms with E-state index < -0.39 is 0 Å². The molecule has 4 nitrogen and oxygen atoms in total. The molecule has 19 heavy (non-hydrogen) atoms. The number of hydrogen-bond acceptors (Lipinski definition) is 5. The van der Waals surface area contributed by atoms with Gasteiger partial charge in [0.1, 0.15) is 0 Å². The summed E-state index contributed by atoms with van der Waals surface area (Å²) in [7, 11) is 0. The molecule has 2 aromatic rings. The average molecular weight is 279 g/mol. The number of rotatable bonds is 6. The maximum atomic E-state index is 5.44. The van der Waals surface area contributed by atoms with Crippen LogP contribution in [0.2, 0.25) is 0 Å². The maximum Gasteiger partial charge on any atom is 0.231 e. The molecule has 2 heterocycles. The predicted molar refractivity (Wildman–Crippen MR) is 78.5 cm³/mol. The molecule has 2 atom stereocenters. The van der Waals surface area contributed by atoms with Gasteiger partial charge in [0, 0.05) is 17.0 Å². The molecule has 104 valence electrons. The zero-order chi connectivity index (χ0) is 13.8. The Kier molecular flexibility index (Phi) is 4.71. The SMILES string of the molecule is CCNC(CC)C(C)c1nc(-c2cscc2C)no1. The van der Waals surface area contributed by atoms with Crippen molar-refractivity contribution in [2.24, 2.45) is 0 Å². The van der Waals surface area contributed by atoms with Crippen LogP contribution in [-0.4, -0.2) is 22.7 Å². The molecule has 0 saturated heterocycles. The van der Waals surface area contributed by atoms with Crippen LogP contribution in [0, 0.1) is 6.92 Å². The second-order valence-electron chi connectivity index (χ2n) is 4.79. The molecular formula is C14H21N3OS. The summed E-state index contributed by atoms with van der Waals surface area (Å²) in [5, 5.41) is 11.7. The van der Waals surface area contributed by atoms with Crippen molar-refractivity contribution in [2.45, 2.75) is 46.1 Å². The first kappa shape index (κ1) is 14.2. The van der Waals surface area contributed by atoms with Gasteiger partial charge in [-0.1, -0.05) is 25.9 Å². The van der Waals surface area contributed by atoms with Gasteiger partial charge in [0.15, 0.2) is 0 Å². The van der Waals surface area contributed by atoms with Crippen molar-refractivity contribution >= 4 is 11.3 Å². The Balaban J connectivity index is 2.19. The Morgan fingerprint density at radius 2 is 2.16 bits per heavy atom. The summed E-state index contributed by atoms with van der Waals surface area (Å²) in [5.74, 6) is 1.64. The van der Waals surface area contributed by atoms with Gasteiger partial charge in [-0.3, -0.25) is 0 Å². The highest BCUT2D eigenvalue weighted by Gasteiger charge is 2.23. The Morgan fingerprint density at radius 3 is 2.74 bits per heavy atom. The molecule has 2 unspecified atom stereocenters. The molecule has 2 rings (SSSR count). The minimum absolute atomic E-state index is 0.227. The summed E-state index contributed by atoms with van der Waals surface area (Å²) in [6, 6.07) is 0.377. The lowest BCUT2D eigenvalue weighted by Crippen LogP contribution is -2.33. The van der Waals surface area contributed by atoms with Crippen LogP contribution in [0.15, 0.2) is 15.3 Å². The molecule has 5 heteroatoms. The molecular weight excluding hydrogens is 258 g/mol. The molecule has 0 aliphatic heterocycles. The molecule has 1 N–H and O–H groups in total. The third kappa shape index (κ3) is 3.04. The second kappa shape index (κ2) is 6.30. The molecule has 2 aromatic heterocycles. The van der Waals surface area contributed by atoms with Crippen LogP contribution in [0.25, 0.3) is 11.4 Å². The molecule has 0 spiro atoms. The van der Waals surface area contributed by atoms with Gasteiger partial charge < -0.3 is 9.84 Å². The predicted octanol–water partition coefficient (Wildman–Crippen LogP) is 3.60. The van der Waals surface area contributed by atoms with Crippen LogP contribution in [0.4, 0.5) is 0 Å². The monoisotopic (exact) mass is 279 g/mol. The third-order valence-corrected chi connectivity index (χ3v) is 4.30. The molecule has 0 aliphatic carbocycles. The van der Waals surface area contributed by atoms with E-state index in [1.54, 1.807) is 11.3 Å². The summed E-state index contributed by atoms with van der Waals surface area (Å²) in [4.78, 5) is 4.55. The first-order chi connectivity index (χ1) is 9.17. The number of aromatic nitrogens is 2. The first-order valence-electron chi connectivity index (χ1n) is 6.77. The van der Waals surface area contributed by atoms with E-state index in [-0.39, 0.29) is 5.92 Å². The lowest BCUT2D eigenvalue weighted by molar-refractivity contribution is 0.321. The van der Waals surface area contributed by atoms with E-state index in [0.29, 0.717) is 17.8 Å². The van der Waals surface area contributed by atoms with Crippen LogP contribution in [0.5, 0.6) is 0 Å². The van der Waals surface area contributed by atoms with Crippen molar-refractivity contribution in [2.75, 3.05) is 6.54 Å². The number of aryl methyl sites for hydroxylation is 1. The topological polar surface area (TPSA) is 51.0 Å². The fourth-order valence-corrected chi connectivity index (χ4v) is 3.05. The van der Waals surface area contributed by atoms with Crippen molar-refractivity contribution in [3.8, 4) is 11.4 Å². The van der Waals surface area contributed by atoms with Crippen LogP contribution >= 0.6 is 11.3 Å². The van der Waals surface area contributed by atoms with Crippen LogP contribution in [0.1, 0.15) is 44.6 Å². The van der Waals surface area contributed by atoms with E-state index in [1.807, 2.05) is 0 Å². The van der Waals surface area contributed by atoms with Crippen molar-refractivity contribution in [1.29, 1.82) is 0 Å². The highest BCUT2D eigenvalue weighted by atomic mass is 32.1. The smallest absolute Gasteiger partial charge is 0.231 e. The molecule has 0 radical (unpaired) electrons. The van der Waals surface area contributed by atoms with Crippen molar-refractivity contribution in [3.63, 3.8) is 0 Å². The third-order valence-electron chi connectivity index (χ3n) is 3.44.